The molecule has 1 saturated carbocycles. The normalized spacial score (nSPS) is 19.9. The highest BCUT2D eigenvalue weighted by Gasteiger charge is 2.35. The van der Waals surface area contributed by atoms with Gasteiger partial charge in [0.05, 0.1) is 14.2 Å². The minimum atomic E-state index is -0.349. The molecule has 0 spiro atoms. The number of methoxy groups -OCH3 is 2. The van der Waals surface area contributed by atoms with Crippen molar-refractivity contribution < 1.29 is 19.1 Å². The quantitative estimate of drug-likeness (QED) is 0.802. The van der Waals surface area contributed by atoms with Gasteiger partial charge in [-0.15, -0.1) is 0 Å². The number of rotatable bonds is 6. The van der Waals surface area contributed by atoms with Gasteiger partial charge < -0.3 is 19.7 Å². The van der Waals surface area contributed by atoms with E-state index < -0.39 is 0 Å². The maximum Gasteiger partial charge on any atom is 0.247 e. The second-order valence-electron chi connectivity index (χ2n) is 6.45. The Morgan fingerprint density at radius 3 is 2.40 bits per heavy atom. The Kier molecular flexibility index (Phi) is 5.26. The summed E-state index contributed by atoms with van der Waals surface area (Å²) in [7, 11) is 3.17. The fraction of sp³-hybridized carbons (Fsp3) is 0.474. The molecule has 1 N–H and O–H groups in total. The molecule has 0 aromatic heterocycles. The SMILES string of the molecule is COc1cc(/C=C/C(=O)N2CCC[C@@H]2C(=O)NC2CC2)cc(OC)c1. The Bertz CT molecular complexity index is 660. The molecular weight excluding hydrogens is 320 g/mol. The van der Waals surface area contributed by atoms with Crippen molar-refractivity contribution in [3.63, 3.8) is 0 Å². The van der Waals surface area contributed by atoms with Crippen LogP contribution in [0.4, 0.5) is 0 Å². The van der Waals surface area contributed by atoms with E-state index in [0.717, 1.165) is 31.2 Å². The smallest absolute Gasteiger partial charge is 0.247 e. The number of amides is 2. The molecule has 1 aromatic carbocycles. The van der Waals surface area contributed by atoms with Gasteiger partial charge in [0.2, 0.25) is 11.8 Å². The standard InChI is InChI=1S/C19H24N2O4/c1-24-15-10-13(11-16(12-15)25-2)5-8-18(22)21-9-3-4-17(21)19(23)20-14-6-7-14/h5,8,10-12,14,17H,3-4,6-7,9H2,1-2H3,(H,20,23)/b8-5+/t17-/m1/s1. The lowest BCUT2D eigenvalue weighted by atomic mass is 10.1. The third-order valence-corrected chi connectivity index (χ3v) is 4.55. The second kappa shape index (κ2) is 7.59. The van der Waals surface area contributed by atoms with Crippen molar-refractivity contribution in [3.8, 4) is 11.5 Å². The van der Waals surface area contributed by atoms with Crippen molar-refractivity contribution in [2.24, 2.45) is 0 Å². The number of nitrogens with zero attached hydrogens (tertiary/aromatic N) is 1. The highest BCUT2D eigenvalue weighted by molar-refractivity contribution is 5.96. The van der Waals surface area contributed by atoms with Crippen molar-refractivity contribution >= 4 is 17.9 Å². The van der Waals surface area contributed by atoms with Gasteiger partial charge in [0, 0.05) is 24.7 Å². The zero-order valence-corrected chi connectivity index (χ0v) is 14.7. The van der Waals surface area contributed by atoms with E-state index in [1.54, 1.807) is 31.3 Å². The summed E-state index contributed by atoms with van der Waals surface area (Å²) in [6.07, 6.45) is 6.91. The maximum absolute atomic E-state index is 12.5. The molecule has 1 aliphatic heterocycles. The Balaban J connectivity index is 1.68. The van der Waals surface area contributed by atoms with E-state index in [2.05, 4.69) is 5.32 Å². The number of carbonyl (C=O) groups is 2. The first-order chi connectivity index (χ1) is 12.1. The van der Waals surface area contributed by atoms with E-state index in [0.29, 0.717) is 24.1 Å². The van der Waals surface area contributed by atoms with Crippen LogP contribution in [0.1, 0.15) is 31.2 Å². The van der Waals surface area contributed by atoms with Gasteiger partial charge in [-0.25, -0.2) is 0 Å². The van der Waals surface area contributed by atoms with Crippen molar-refractivity contribution in [1.82, 2.24) is 10.2 Å². The van der Waals surface area contributed by atoms with E-state index >= 15 is 0 Å². The molecule has 1 saturated heterocycles. The molecule has 1 aliphatic carbocycles. The van der Waals surface area contributed by atoms with Crippen molar-refractivity contribution in [1.29, 1.82) is 0 Å². The molecule has 0 unspecified atom stereocenters. The van der Waals surface area contributed by atoms with Crippen LogP contribution < -0.4 is 14.8 Å². The zero-order chi connectivity index (χ0) is 17.8. The van der Waals surface area contributed by atoms with E-state index in [1.165, 1.54) is 6.08 Å². The summed E-state index contributed by atoms with van der Waals surface area (Å²) >= 11 is 0. The minimum absolute atomic E-state index is 0.0233. The van der Waals surface area contributed by atoms with Gasteiger partial charge in [0.1, 0.15) is 17.5 Å². The number of hydrogen-bond acceptors (Lipinski definition) is 4. The number of likely N-dealkylation sites (tertiary alicyclic amines) is 1. The largest absolute Gasteiger partial charge is 0.497 e. The number of benzene rings is 1. The minimum Gasteiger partial charge on any atom is -0.497 e. The van der Waals surface area contributed by atoms with Crippen molar-refractivity contribution in [2.45, 2.75) is 37.8 Å². The van der Waals surface area contributed by atoms with E-state index in [1.807, 2.05) is 12.1 Å². The highest BCUT2D eigenvalue weighted by Crippen LogP contribution is 2.25. The summed E-state index contributed by atoms with van der Waals surface area (Å²) in [6, 6.07) is 5.39. The summed E-state index contributed by atoms with van der Waals surface area (Å²) in [5.41, 5.74) is 0.808. The Morgan fingerprint density at radius 1 is 1.12 bits per heavy atom. The molecule has 1 heterocycles. The fourth-order valence-electron chi connectivity index (χ4n) is 3.02. The predicted molar refractivity (Wildman–Crippen MR) is 94.5 cm³/mol. The molecule has 1 aromatic rings. The molecule has 0 radical (unpaired) electrons. The van der Waals surface area contributed by atoms with Crippen LogP contribution in [0.3, 0.4) is 0 Å². The van der Waals surface area contributed by atoms with E-state index in [9.17, 15) is 9.59 Å². The van der Waals surface area contributed by atoms with Gasteiger partial charge in [-0.1, -0.05) is 0 Å². The molecular formula is C19H24N2O4. The summed E-state index contributed by atoms with van der Waals surface area (Å²) in [5.74, 6) is 1.16. The highest BCUT2D eigenvalue weighted by atomic mass is 16.5. The summed E-state index contributed by atoms with van der Waals surface area (Å²) in [5, 5.41) is 2.99. The van der Waals surface area contributed by atoms with Gasteiger partial charge in [-0.05, 0) is 49.5 Å². The van der Waals surface area contributed by atoms with Gasteiger partial charge in [-0.3, -0.25) is 9.59 Å². The Morgan fingerprint density at radius 2 is 1.80 bits per heavy atom. The molecule has 0 bridgehead atoms. The monoisotopic (exact) mass is 344 g/mol. The van der Waals surface area contributed by atoms with Crippen LogP contribution in [0.15, 0.2) is 24.3 Å². The summed E-state index contributed by atoms with van der Waals surface area (Å²) < 4.78 is 10.5. The number of nitrogens with one attached hydrogen (secondary N) is 1. The molecule has 25 heavy (non-hydrogen) atoms. The average Bonchev–Trinajstić information content (AvgIpc) is 3.30. The first-order valence-corrected chi connectivity index (χ1v) is 8.63. The number of carbonyl (C=O) groups excluding carboxylic acids is 2. The second-order valence-corrected chi connectivity index (χ2v) is 6.45. The lowest BCUT2D eigenvalue weighted by Crippen LogP contribution is -2.46. The first kappa shape index (κ1) is 17.3. The van der Waals surface area contributed by atoms with Crippen LogP contribution in [0.5, 0.6) is 11.5 Å². The van der Waals surface area contributed by atoms with E-state index in [4.69, 9.17) is 9.47 Å². The zero-order valence-electron chi connectivity index (χ0n) is 14.7. The molecule has 2 aliphatic rings. The topological polar surface area (TPSA) is 67.9 Å². The number of hydrogen-bond donors (Lipinski definition) is 1. The van der Waals surface area contributed by atoms with Crippen LogP contribution in [-0.4, -0.2) is 49.6 Å². The van der Waals surface area contributed by atoms with Crippen molar-refractivity contribution in [3.05, 3.63) is 29.8 Å². The fourth-order valence-corrected chi connectivity index (χ4v) is 3.02. The van der Waals surface area contributed by atoms with Gasteiger partial charge in [0.15, 0.2) is 0 Å². The summed E-state index contributed by atoms with van der Waals surface area (Å²) in [4.78, 5) is 26.5. The van der Waals surface area contributed by atoms with Crippen LogP contribution in [0.2, 0.25) is 0 Å². The Labute approximate surface area is 147 Å². The third-order valence-electron chi connectivity index (χ3n) is 4.55. The lowest BCUT2D eigenvalue weighted by Gasteiger charge is -2.22. The molecule has 6 nitrogen and oxygen atoms in total. The Hall–Kier alpha value is -2.50. The molecule has 2 fully saturated rings. The molecule has 3 rings (SSSR count). The third kappa shape index (κ3) is 4.32. The first-order valence-electron chi connectivity index (χ1n) is 8.63. The summed E-state index contributed by atoms with van der Waals surface area (Å²) in [6.45, 7) is 0.618. The maximum atomic E-state index is 12.5. The average molecular weight is 344 g/mol. The van der Waals surface area contributed by atoms with Gasteiger partial charge >= 0.3 is 0 Å². The lowest BCUT2D eigenvalue weighted by molar-refractivity contribution is -0.135. The molecule has 2 amide bonds. The van der Waals surface area contributed by atoms with Gasteiger partial charge in [0.25, 0.3) is 0 Å². The van der Waals surface area contributed by atoms with Gasteiger partial charge in [-0.2, -0.15) is 0 Å². The van der Waals surface area contributed by atoms with Crippen LogP contribution >= 0.6 is 0 Å². The van der Waals surface area contributed by atoms with Crippen molar-refractivity contribution in [2.75, 3.05) is 20.8 Å². The number of ether oxygens (including phenoxy) is 2. The molecule has 134 valence electrons. The van der Waals surface area contributed by atoms with Crippen LogP contribution in [-0.2, 0) is 9.59 Å². The van der Waals surface area contributed by atoms with Crippen LogP contribution in [0, 0.1) is 0 Å². The van der Waals surface area contributed by atoms with Crippen LogP contribution in [0.25, 0.3) is 6.08 Å². The molecule has 1 atom stereocenters. The van der Waals surface area contributed by atoms with E-state index in [-0.39, 0.29) is 17.9 Å². The molecule has 6 heteroatoms. The predicted octanol–water partition coefficient (Wildman–Crippen LogP) is 1.99.